The van der Waals surface area contributed by atoms with Crippen molar-refractivity contribution in [3.63, 3.8) is 0 Å². The first-order valence-corrected chi connectivity index (χ1v) is 6.12. The second kappa shape index (κ2) is 3.26. The molecule has 0 spiro atoms. The van der Waals surface area contributed by atoms with Crippen LogP contribution < -0.4 is 0 Å². The minimum Gasteiger partial charge on any atom is -0.259 e. The van der Waals surface area contributed by atoms with Crippen molar-refractivity contribution in [3.8, 4) is 0 Å². The number of aryl methyl sites for hydroxylation is 2. The summed E-state index contributed by atoms with van der Waals surface area (Å²) in [6.45, 7) is 9.26. The van der Waals surface area contributed by atoms with Crippen molar-refractivity contribution in [3.05, 3.63) is 11.4 Å². The van der Waals surface area contributed by atoms with Gasteiger partial charge in [-0.2, -0.15) is 10.1 Å². The SMILES string of the molecule is CC[N+]12CCN=C1c1c(c(C)nn1C)N=C2C. The van der Waals surface area contributed by atoms with Gasteiger partial charge in [0.15, 0.2) is 5.69 Å². The van der Waals surface area contributed by atoms with Crippen molar-refractivity contribution in [2.24, 2.45) is 17.0 Å². The average molecular weight is 232 g/mol. The molecule has 0 saturated heterocycles. The number of amidine groups is 2. The third kappa shape index (κ3) is 1.15. The molecule has 90 valence electrons. The van der Waals surface area contributed by atoms with Crippen LogP contribution in [-0.2, 0) is 7.05 Å². The van der Waals surface area contributed by atoms with Crippen molar-refractivity contribution in [1.29, 1.82) is 0 Å². The van der Waals surface area contributed by atoms with E-state index < -0.39 is 0 Å². The topological polar surface area (TPSA) is 42.5 Å². The fourth-order valence-corrected chi connectivity index (χ4v) is 2.99. The van der Waals surface area contributed by atoms with Gasteiger partial charge in [-0.15, -0.1) is 0 Å². The van der Waals surface area contributed by atoms with E-state index in [1.54, 1.807) is 0 Å². The second-order valence-electron chi connectivity index (χ2n) is 4.78. The maximum atomic E-state index is 4.78. The lowest BCUT2D eigenvalue weighted by molar-refractivity contribution is -0.738. The number of hydrogen-bond donors (Lipinski definition) is 0. The Morgan fingerprint density at radius 2 is 2.12 bits per heavy atom. The zero-order valence-electron chi connectivity index (χ0n) is 10.9. The number of aromatic nitrogens is 2. The van der Waals surface area contributed by atoms with Crippen molar-refractivity contribution >= 4 is 17.4 Å². The number of hydrogen-bond acceptors (Lipinski definition) is 3. The summed E-state index contributed by atoms with van der Waals surface area (Å²) in [4.78, 5) is 9.49. The molecule has 2 aliphatic heterocycles. The fourth-order valence-electron chi connectivity index (χ4n) is 2.99. The Labute approximate surface area is 101 Å². The van der Waals surface area contributed by atoms with E-state index in [1.165, 1.54) is 0 Å². The van der Waals surface area contributed by atoms with Gasteiger partial charge in [0.05, 0.1) is 18.8 Å². The first-order chi connectivity index (χ1) is 8.10. The normalized spacial score (nSPS) is 26.4. The van der Waals surface area contributed by atoms with Crippen molar-refractivity contribution < 1.29 is 4.48 Å². The summed E-state index contributed by atoms with van der Waals surface area (Å²) in [5.74, 6) is 2.30. The molecule has 1 aromatic heterocycles. The van der Waals surface area contributed by atoms with Crippen LogP contribution in [-0.4, -0.2) is 45.6 Å². The van der Waals surface area contributed by atoms with Gasteiger partial charge < -0.3 is 0 Å². The second-order valence-corrected chi connectivity index (χ2v) is 4.78. The van der Waals surface area contributed by atoms with Gasteiger partial charge in [0.25, 0.3) is 5.84 Å². The Morgan fingerprint density at radius 1 is 1.35 bits per heavy atom. The predicted octanol–water partition coefficient (Wildman–Crippen LogP) is 1.39. The van der Waals surface area contributed by atoms with Gasteiger partial charge in [-0.25, -0.2) is 9.48 Å². The van der Waals surface area contributed by atoms with Gasteiger partial charge in [-0.3, -0.25) is 4.68 Å². The smallest absolute Gasteiger partial charge is 0.257 e. The number of fused-ring (bicyclic) bond motifs is 3. The lowest BCUT2D eigenvalue weighted by Gasteiger charge is -2.34. The van der Waals surface area contributed by atoms with Gasteiger partial charge in [0.2, 0.25) is 5.84 Å². The van der Waals surface area contributed by atoms with Gasteiger partial charge in [0.1, 0.15) is 12.2 Å². The number of nitrogens with zero attached hydrogens (tertiary/aromatic N) is 5. The molecule has 0 saturated carbocycles. The summed E-state index contributed by atoms with van der Waals surface area (Å²) in [6, 6.07) is 0. The van der Waals surface area contributed by atoms with E-state index in [2.05, 4.69) is 18.9 Å². The fraction of sp³-hybridized carbons (Fsp3) is 0.583. The number of quaternary nitrogens is 1. The predicted molar refractivity (Wildman–Crippen MR) is 67.8 cm³/mol. The molecule has 2 aliphatic rings. The number of aliphatic imine (C=N–C) groups is 2. The summed E-state index contributed by atoms with van der Waals surface area (Å²) in [6.07, 6.45) is 0. The molecule has 0 aliphatic carbocycles. The maximum absolute atomic E-state index is 4.78. The molecule has 17 heavy (non-hydrogen) atoms. The van der Waals surface area contributed by atoms with E-state index in [4.69, 9.17) is 9.98 Å². The van der Waals surface area contributed by atoms with Crippen LogP contribution >= 0.6 is 0 Å². The Morgan fingerprint density at radius 3 is 2.82 bits per heavy atom. The first kappa shape index (κ1) is 10.7. The van der Waals surface area contributed by atoms with Crippen LogP contribution in [0.25, 0.3) is 0 Å². The van der Waals surface area contributed by atoms with Crippen LogP contribution in [0.4, 0.5) is 5.69 Å². The summed E-state index contributed by atoms with van der Waals surface area (Å²) in [5, 5.41) is 4.47. The minimum atomic E-state index is 0.811. The third-order valence-electron chi connectivity index (χ3n) is 3.98. The van der Waals surface area contributed by atoms with Crippen LogP contribution in [0.3, 0.4) is 0 Å². The van der Waals surface area contributed by atoms with Crippen LogP contribution in [0.1, 0.15) is 25.2 Å². The van der Waals surface area contributed by atoms with Crippen LogP contribution in [0.5, 0.6) is 0 Å². The molecule has 0 aromatic carbocycles. The molecule has 1 atom stereocenters. The van der Waals surface area contributed by atoms with Crippen LogP contribution in [0, 0.1) is 6.92 Å². The molecule has 5 heteroatoms. The van der Waals surface area contributed by atoms with E-state index in [1.807, 2.05) is 18.7 Å². The zero-order valence-corrected chi connectivity index (χ0v) is 10.9. The number of likely N-dealkylation sites (N-methyl/N-ethyl adjacent to an activating group) is 1. The number of rotatable bonds is 1. The van der Waals surface area contributed by atoms with E-state index in [0.717, 1.165) is 52.9 Å². The van der Waals surface area contributed by atoms with Gasteiger partial charge in [-0.05, 0) is 13.8 Å². The molecule has 3 heterocycles. The molecule has 0 fully saturated rings. The van der Waals surface area contributed by atoms with E-state index in [-0.39, 0.29) is 0 Å². The van der Waals surface area contributed by atoms with Crippen molar-refractivity contribution in [2.75, 3.05) is 19.6 Å². The Balaban J connectivity index is 2.32. The van der Waals surface area contributed by atoms with Crippen molar-refractivity contribution in [1.82, 2.24) is 9.78 Å². The Kier molecular flexibility index (Phi) is 2.04. The molecule has 0 bridgehead atoms. The minimum absolute atomic E-state index is 0.811. The van der Waals surface area contributed by atoms with E-state index >= 15 is 0 Å². The van der Waals surface area contributed by atoms with Gasteiger partial charge >= 0.3 is 0 Å². The van der Waals surface area contributed by atoms with Gasteiger partial charge in [0, 0.05) is 14.0 Å². The molecular weight excluding hydrogens is 214 g/mol. The maximum Gasteiger partial charge on any atom is 0.257 e. The highest BCUT2D eigenvalue weighted by molar-refractivity contribution is 6.07. The van der Waals surface area contributed by atoms with Crippen LogP contribution in [0.2, 0.25) is 0 Å². The Bertz CT molecular complexity index is 551. The molecule has 1 unspecified atom stereocenters. The average Bonchev–Trinajstić information content (AvgIpc) is 2.83. The summed E-state index contributed by atoms with van der Waals surface area (Å²) in [7, 11) is 1.98. The highest BCUT2D eigenvalue weighted by Gasteiger charge is 2.47. The molecule has 1 aromatic rings. The molecule has 0 N–H and O–H groups in total. The molecule has 0 radical (unpaired) electrons. The highest BCUT2D eigenvalue weighted by Crippen LogP contribution is 2.35. The molecule has 3 rings (SSSR count). The standard InChI is InChI=1S/C12H18N5/c1-5-17-7-6-13-12(17)11-10(14-9(17)3)8(2)15-16(11)4/h5-7H2,1-4H3/q+1. The Hall–Kier alpha value is -1.49. The first-order valence-electron chi connectivity index (χ1n) is 6.12. The lowest BCUT2D eigenvalue weighted by atomic mass is 10.1. The molecule has 5 nitrogen and oxygen atoms in total. The quantitative estimate of drug-likeness (QED) is 0.675. The third-order valence-corrected chi connectivity index (χ3v) is 3.98. The summed E-state index contributed by atoms with van der Waals surface area (Å²) >= 11 is 0. The molecular formula is C12H18N5+. The van der Waals surface area contributed by atoms with E-state index in [9.17, 15) is 0 Å². The largest absolute Gasteiger partial charge is 0.259 e. The lowest BCUT2D eigenvalue weighted by Crippen LogP contribution is -2.56. The van der Waals surface area contributed by atoms with Gasteiger partial charge in [-0.1, -0.05) is 0 Å². The van der Waals surface area contributed by atoms with Crippen LogP contribution in [0.15, 0.2) is 9.98 Å². The molecule has 0 amide bonds. The summed E-state index contributed by atoms with van der Waals surface area (Å²) in [5.41, 5.74) is 3.10. The zero-order chi connectivity index (χ0) is 12.2. The highest BCUT2D eigenvalue weighted by atomic mass is 15.5. The van der Waals surface area contributed by atoms with E-state index in [0.29, 0.717) is 0 Å². The summed E-state index contributed by atoms with van der Waals surface area (Å²) < 4.78 is 2.74. The van der Waals surface area contributed by atoms with Crippen molar-refractivity contribution in [2.45, 2.75) is 20.8 Å². The monoisotopic (exact) mass is 232 g/mol.